The number of carbonyl (C=O) groups is 2. The predicted molar refractivity (Wildman–Crippen MR) is 113 cm³/mol. The number of rotatable bonds is 17. The highest BCUT2D eigenvalue weighted by atomic mass is 16.6. The first-order chi connectivity index (χ1) is 14.2. The Bertz CT molecular complexity index is 555. The van der Waals surface area contributed by atoms with Crippen molar-refractivity contribution in [2.24, 2.45) is 10.8 Å². The molecule has 0 spiro atoms. The van der Waals surface area contributed by atoms with Gasteiger partial charge in [0.1, 0.15) is 13.2 Å². The van der Waals surface area contributed by atoms with Crippen LogP contribution in [-0.4, -0.2) is 79.0 Å². The first kappa shape index (κ1) is 28.3. The van der Waals surface area contributed by atoms with E-state index >= 15 is 0 Å². The van der Waals surface area contributed by atoms with Gasteiger partial charge in [0, 0.05) is 25.2 Å². The minimum absolute atomic E-state index is 0.0846. The summed E-state index contributed by atoms with van der Waals surface area (Å²) in [5.74, 6) is -1.06. The van der Waals surface area contributed by atoms with Gasteiger partial charge in [-0.1, -0.05) is 32.6 Å². The molecule has 0 aliphatic heterocycles. The molecule has 0 saturated carbocycles. The van der Waals surface area contributed by atoms with Crippen LogP contribution in [0.5, 0.6) is 0 Å². The van der Waals surface area contributed by atoms with E-state index < -0.39 is 22.8 Å². The highest BCUT2D eigenvalue weighted by molar-refractivity contribution is 5.92. The minimum atomic E-state index is -1.13. The van der Waals surface area contributed by atoms with Crippen molar-refractivity contribution in [3.05, 3.63) is 24.3 Å². The molecule has 0 saturated heterocycles. The van der Waals surface area contributed by atoms with Crippen molar-refractivity contribution in [1.82, 2.24) is 0 Å². The molecule has 0 bridgehead atoms. The summed E-state index contributed by atoms with van der Waals surface area (Å²) in [6.07, 6.45) is 3.47. The molecule has 174 valence electrons. The molecule has 1 atom stereocenters. The lowest BCUT2D eigenvalue weighted by Crippen LogP contribution is -2.45. The fraction of sp³-hybridized carbons (Fsp3) is 0.727. The van der Waals surface area contributed by atoms with Gasteiger partial charge in [-0.3, -0.25) is 4.79 Å². The number of esters is 2. The molecular formula is C22H38O8. The normalized spacial score (nSPS) is 13.8. The van der Waals surface area contributed by atoms with Crippen LogP contribution in [0.25, 0.3) is 0 Å². The Morgan fingerprint density at radius 2 is 1.27 bits per heavy atom. The summed E-state index contributed by atoms with van der Waals surface area (Å²) in [6, 6.07) is 0. The number of ether oxygens (including phenoxy) is 6. The molecule has 30 heavy (non-hydrogen) atoms. The van der Waals surface area contributed by atoms with Crippen molar-refractivity contribution in [3.8, 4) is 0 Å². The van der Waals surface area contributed by atoms with Crippen molar-refractivity contribution in [3.63, 3.8) is 0 Å². The number of hydrogen-bond donors (Lipinski definition) is 0. The molecule has 0 aromatic rings. The van der Waals surface area contributed by atoms with Crippen LogP contribution in [0.4, 0.5) is 0 Å². The van der Waals surface area contributed by atoms with Gasteiger partial charge in [0.25, 0.3) is 0 Å². The number of allylic oxidation sites excluding steroid dienone is 1. The summed E-state index contributed by atoms with van der Waals surface area (Å²) in [4.78, 5) is 25.4. The van der Waals surface area contributed by atoms with E-state index in [0.29, 0.717) is 26.4 Å². The summed E-state index contributed by atoms with van der Waals surface area (Å²) in [7, 11) is 3.16. The molecule has 1 unspecified atom stereocenters. The molecule has 0 N–H and O–H groups in total. The van der Waals surface area contributed by atoms with E-state index in [9.17, 15) is 9.59 Å². The van der Waals surface area contributed by atoms with Gasteiger partial charge in [0.15, 0.2) is 0 Å². The Labute approximate surface area is 180 Å². The molecule has 0 heterocycles. The second kappa shape index (κ2) is 15.1. The SMILES string of the molecule is C=C(C(=O)OCCOCCOC)C(C)(C)C(C)(/C=C/C)C(=O)OCCOCCOC. The Morgan fingerprint density at radius 3 is 1.73 bits per heavy atom. The molecule has 8 heteroatoms. The van der Waals surface area contributed by atoms with Crippen LogP contribution in [0.15, 0.2) is 24.3 Å². The van der Waals surface area contributed by atoms with Crippen LogP contribution in [-0.2, 0) is 38.0 Å². The van der Waals surface area contributed by atoms with Crippen LogP contribution in [0.3, 0.4) is 0 Å². The monoisotopic (exact) mass is 430 g/mol. The van der Waals surface area contributed by atoms with Gasteiger partial charge in [-0.15, -0.1) is 0 Å². The highest BCUT2D eigenvalue weighted by Crippen LogP contribution is 2.46. The maximum Gasteiger partial charge on any atom is 0.334 e. The van der Waals surface area contributed by atoms with Crippen LogP contribution >= 0.6 is 0 Å². The van der Waals surface area contributed by atoms with Gasteiger partial charge in [-0.25, -0.2) is 4.79 Å². The topological polar surface area (TPSA) is 89.5 Å². The third-order valence-corrected chi connectivity index (χ3v) is 5.01. The average Bonchev–Trinajstić information content (AvgIpc) is 2.72. The lowest BCUT2D eigenvalue weighted by molar-refractivity contribution is -0.159. The average molecular weight is 431 g/mol. The van der Waals surface area contributed by atoms with E-state index in [0.717, 1.165) is 0 Å². The van der Waals surface area contributed by atoms with Crippen molar-refractivity contribution in [2.75, 3.05) is 67.1 Å². The summed E-state index contributed by atoms with van der Waals surface area (Å²) >= 11 is 0. The van der Waals surface area contributed by atoms with E-state index in [1.165, 1.54) is 0 Å². The number of methoxy groups -OCH3 is 2. The van der Waals surface area contributed by atoms with Gasteiger partial charge in [0.05, 0.1) is 45.1 Å². The maximum absolute atomic E-state index is 12.9. The molecule has 0 rings (SSSR count). The van der Waals surface area contributed by atoms with Crippen LogP contribution < -0.4 is 0 Å². The third kappa shape index (κ3) is 8.95. The van der Waals surface area contributed by atoms with E-state index in [-0.39, 0.29) is 32.0 Å². The number of hydrogen-bond acceptors (Lipinski definition) is 8. The van der Waals surface area contributed by atoms with Crippen molar-refractivity contribution < 1.29 is 38.0 Å². The summed E-state index contributed by atoms with van der Waals surface area (Å²) in [5.41, 5.74) is -1.91. The summed E-state index contributed by atoms with van der Waals surface area (Å²) < 4.78 is 31.0. The molecule has 0 aromatic carbocycles. The molecule has 0 radical (unpaired) electrons. The lowest BCUT2D eigenvalue weighted by atomic mass is 9.62. The molecule has 0 aliphatic rings. The van der Waals surface area contributed by atoms with Crippen LogP contribution in [0.2, 0.25) is 0 Å². The molecule has 0 amide bonds. The van der Waals surface area contributed by atoms with Crippen molar-refractivity contribution >= 4 is 11.9 Å². The molecule has 0 fully saturated rings. The minimum Gasteiger partial charge on any atom is -0.463 e. The van der Waals surface area contributed by atoms with Crippen LogP contribution in [0.1, 0.15) is 27.7 Å². The zero-order chi connectivity index (χ0) is 23.0. The quantitative estimate of drug-likeness (QED) is 0.151. The molecule has 0 aliphatic carbocycles. The second-order valence-electron chi connectivity index (χ2n) is 7.29. The summed E-state index contributed by atoms with van der Waals surface area (Å²) in [6.45, 7) is 13.4. The van der Waals surface area contributed by atoms with Gasteiger partial charge in [-0.05, 0) is 13.8 Å². The standard InChI is InChI=1S/C22H38O8/c1-8-9-22(5,20(24)30-17-15-28-13-11-26-7)21(3,4)18(2)19(23)29-16-14-27-12-10-25-6/h8-9H,2,10-17H2,1,3-7H3/b9-8+. The lowest BCUT2D eigenvalue weighted by Gasteiger charge is -2.40. The smallest absolute Gasteiger partial charge is 0.334 e. The largest absolute Gasteiger partial charge is 0.463 e. The Morgan fingerprint density at radius 1 is 0.800 bits per heavy atom. The first-order valence-corrected chi connectivity index (χ1v) is 10.00. The van der Waals surface area contributed by atoms with E-state index in [1.54, 1.807) is 54.1 Å². The van der Waals surface area contributed by atoms with Gasteiger partial charge < -0.3 is 28.4 Å². The molecule has 8 nitrogen and oxygen atoms in total. The predicted octanol–water partition coefficient (Wildman–Crippen LogP) is 2.56. The van der Waals surface area contributed by atoms with E-state index in [2.05, 4.69) is 6.58 Å². The number of carbonyl (C=O) groups excluding carboxylic acids is 2. The fourth-order valence-corrected chi connectivity index (χ4v) is 2.55. The third-order valence-electron chi connectivity index (χ3n) is 5.01. The second-order valence-corrected chi connectivity index (χ2v) is 7.29. The Hall–Kier alpha value is -1.74. The highest BCUT2D eigenvalue weighted by Gasteiger charge is 2.50. The first-order valence-electron chi connectivity index (χ1n) is 10.00. The van der Waals surface area contributed by atoms with Gasteiger partial charge >= 0.3 is 11.9 Å². The fourth-order valence-electron chi connectivity index (χ4n) is 2.55. The van der Waals surface area contributed by atoms with Gasteiger partial charge in [-0.2, -0.15) is 0 Å². The maximum atomic E-state index is 12.9. The zero-order valence-electron chi connectivity index (χ0n) is 19.3. The summed E-state index contributed by atoms with van der Waals surface area (Å²) in [5, 5.41) is 0. The Kier molecular flexibility index (Phi) is 14.2. The van der Waals surface area contributed by atoms with E-state index in [4.69, 9.17) is 28.4 Å². The molecule has 0 aromatic heterocycles. The van der Waals surface area contributed by atoms with E-state index in [1.807, 2.05) is 0 Å². The van der Waals surface area contributed by atoms with Gasteiger partial charge in [0.2, 0.25) is 0 Å². The van der Waals surface area contributed by atoms with Crippen LogP contribution in [0, 0.1) is 10.8 Å². The van der Waals surface area contributed by atoms with Crippen molar-refractivity contribution in [1.29, 1.82) is 0 Å². The van der Waals surface area contributed by atoms with Crippen molar-refractivity contribution in [2.45, 2.75) is 27.7 Å². The zero-order valence-corrected chi connectivity index (χ0v) is 19.3. The molecular weight excluding hydrogens is 392 g/mol. The Balaban J connectivity index is 4.91.